The molecule has 3 aromatic heterocycles. The van der Waals surface area contributed by atoms with Crippen LogP contribution in [0, 0.1) is 6.92 Å². The fourth-order valence-corrected chi connectivity index (χ4v) is 3.90. The first-order chi connectivity index (χ1) is 13.3. The highest BCUT2D eigenvalue weighted by Crippen LogP contribution is 2.24. The molecule has 2 fully saturated rings. The average Bonchev–Trinajstić information content (AvgIpc) is 3.39. The van der Waals surface area contributed by atoms with Gasteiger partial charge in [0.2, 0.25) is 5.95 Å². The van der Waals surface area contributed by atoms with Gasteiger partial charge < -0.3 is 19.7 Å². The van der Waals surface area contributed by atoms with E-state index < -0.39 is 0 Å². The first kappa shape index (κ1) is 16.2. The molecule has 0 amide bonds. The highest BCUT2D eigenvalue weighted by molar-refractivity contribution is 5.82. The molecule has 3 aromatic rings. The number of piperazine rings is 1. The second-order valence-electron chi connectivity index (χ2n) is 7.13. The van der Waals surface area contributed by atoms with E-state index in [2.05, 4.69) is 47.6 Å². The molecule has 0 atom stereocenters. The molecule has 27 heavy (non-hydrogen) atoms. The van der Waals surface area contributed by atoms with Gasteiger partial charge in [-0.15, -0.1) is 0 Å². The first-order valence-electron chi connectivity index (χ1n) is 9.52. The number of rotatable bonds is 3. The molecule has 9 heteroatoms. The Kier molecular flexibility index (Phi) is 3.99. The van der Waals surface area contributed by atoms with Crippen LogP contribution in [-0.4, -0.2) is 69.2 Å². The molecule has 0 bridgehead atoms. The van der Waals surface area contributed by atoms with Crippen LogP contribution in [0.1, 0.15) is 18.5 Å². The van der Waals surface area contributed by atoms with Crippen molar-refractivity contribution in [2.75, 3.05) is 54.0 Å². The quantitative estimate of drug-likeness (QED) is 0.744. The molecule has 5 heterocycles. The van der Waals surface area contributed by atoms with Gasteiger partial charge in [-0.1, -0.05) is 0 Å². The van der Waals surface area contributed by atoms with Crippen molar-refractivity contribution in [1.82, 2.24) is 29.9 Å². The summed E-state index contributed by atoms with van der Waals surface area (Å²) in [7, 11) is 0. The van der Waals surface area contributed by atoms with Crippen LogP contribution in [0.25, 0.3) is 11.2 Å². The summed E-state index contributed by atoms with van der Waals surface area (Å²) in [6.45, 7) is 7.69. The maximum atomic E-state index is 4.86. The second-order valence-corrected chi connectivity index (χ2v) is 7.13. The van der Waals surface area contributed by atoms with Crippen molar-refractivity contribution in [1.29, 1.82) is 0 Å². The molecule has 0 spiro atoms. The van der Waals surface area contributed by atoms with E-state index in [1.165, 1.54) is 12.8 Å². The summed E-state index contributed by atoms with van der Waals surface area (Å²) in [5.41, 5.74) is 2.63. The van der Waals surface area contributed by atoms with Crippen molar-refractivity contribution in [3.05, 3.63) is 24.4 Å². The van der Waals surface area contributed by atoms with E-state index in [4.69, 9.17) is 9.97 Å². The number of aryl methyl sites for hydroxylation is 1. The van der Waals surface area contributed by atoms with Gasteiger partial charge in [0, 0.05) is 51.0 Å². The van der Waals surface area contributed by atoms with Crippen LogP contribution >= 0.6 is 0 Å². The van der Waals surface area contributed by atoms with Crippen LogP contribution < -0.4 is 14.7 Å². The van der Waals surface area contributed by atoms with Crippen LogP contribution in [0.2, 0.25) is 0 Å². The van der Waals surface area contributed by atoms with Crippen molar-refractivity contribution in [3.63, 3.8) is 0 Å². The van der Waals surface area contributed by atoms with E-state index in [0.29, 0.717) is 5.65 Å². The Labute approximate surface area is 157 Å². The molecule has 140 valence electrons. The summed E-state index contributed by atoms with van der Waals surface area (Å²) in [5.74, 6) is 2.82. The van der Waals surface area contributed by atoms with Gasteiger partial charge in [0.05, 0.1) is 6.33 Å². The predicted octanol–water partition coefficient (Wildman–Crippen LogP) is 1.38. The van der Waals surface area contributed by atoms with Gasteiger partial charge in [-0.2, -0.15) is 4.98 Å². The lowest BCUT2D eigenvalue weighted by Gasteiger charge is -2.35. The summed E-state index contributed by atoms with van der Waals surface area (Å²) in [6.07, 6.45) is 5.74. The molecule has 1 N–H and O–H groups in total. The molecule has 5 rings (SSSR count). The molecule has 0 unspecified atom stereocenters. The Morgan fingerprint density at radius 2 is 1.63 bits per heavy atom. The maximum absolute atomic E-state index is 4.86. The van der Waals surface area contributed by atoms with Crippen molar-refractivity contribution < 1.29 is 0 Å². The van der Waals surface area contributed by atoms with Crippen molar-refractivity contribution >= 4 is 28.7 Å². The van der Waals surface area contributed by atoms with Crippen molar-refractivity contribution in [2.45, 2.75) is 19.8 Å². The molecule has 2 saturated heterocycles. The predicted molar refractivity (Wildman–Crippen MR) is 104 cm³/mol. The highest BCUT2D eigenvalue weighted by atomic mass is 15.4. The first-order valence-corrected chi connectivity index (χ1v) is 9.52. The van der Waals surface area contributed by atoms with Gasteiger partial charge in [0.1, 0.15) is 17.7 Å². The van der Waals surface area contributed by atoms with E-state index in [1.807, 2.05) is 0 Å². The summed E-state index contributed by atoms with van der Waals surface area (Å²) < 4.78 is 0. The Morgan fingerprint density at radius 3 is 2.44 bits per heavy atom. The molecular formula is C18H23N9. The van der Waals surface area contributed by atoms with Crippen molar-refractivity contribution in [2.24, 2.45) is 0 Å². The summed E-state index contributed by atoms with van der Waals surface area (Å²) in [4.78, 5) is 32.5. The van der Waals surface area contributed by atoms with Crippen LogP contribution in [0.5, 0.6) is 0 Å². The number of aromatic nitrogens is 6. The lowest BCUT2D eigenvalue weighted by atomic mass is 10.3. The molecule has 0 aromatic carbocycles. The Hall–Kier alpha value is -2.97. The molecule has 0 saturated carbocycles. The number of nitrogens with one attached hydrogen (secondary N) is 1. The van der Waals surface area contributed by atoms with Crippen molar-refractivity contribution in [3.8, 4) is 0 Å². The van der Waals surface area contributed by atoms with Crippen LogP contribution in [0.4, 0.5) is 17.6 Å². The number of hydrogen-bond donors (Lipinski definition) is 1. The van der Waals surface area contributed by atoms with Crippen LogP contribution in [0.3, 0.4) is 0 Å². The number of nitrogens with zero attached hydrogens (tertiary/aromatic N) is 8. The summed E-state index contributed by atoms with van der Waals surface area (Å²) in [5, 5.41) is 0. The zero-order chi connectivity index (χ0) is 18.2. The number of fused-ring (bicyclic) bond motifs is 1. The molecule has 0 radical (unpaired) electrons. The minimum absolute atomic E-state index is 0.708. The number of aromatic amines is 1. The number of hydrogen-bond acceptors (Lipinski definition) is 8. The van der Waals surface area contributed by atoms with Gasteiger partial charge in [0.15, 0.2) is 11.5 Å². The minimum Gasteiger partial charge on any atom is -0.356 e. The van der Waals surface area contributed by atoms with Gasteiger partial charge >= 0.3 is 0 Å². The maximum Gasteiger partial charge on any atom is 0.227 e. The van der Waals surface area contributed by atoms with Gasteiger partial charge in [-0.05, 0) is 19.8 Å². The molecule has 2 aliphatic rings. The molecule has 9 nitrogen and oxygen atoms in total. The normalized spacial score (nSPS) is 17.9. The van der Waals surface area contributed by atoms with E-state index in [-0.39, 0.29) is 0 Å². The van der Waals surface area contributed by atoms with E-state index in [1.54, 1.807) is 12.7 Å². The Morgan fingerprint density at radius 1 is 0.852 bits per heavy atom. The largest absolute Gasteiger partial charge is 0.356 e. The zero-order valence-corrected chi connectivity index (χ0v) is 15.5. The monoisotopic (exact) mass is 365 g/mol. The third-order valence-electron chi connectivity index (χ3n) is 5.32. The van der Waals surface area contributed by atoms with Gasteiger partial charge in [-0.3, -0.25) is 0 Å². The minimum atomic E-state index is 0.708. The highest BCUT2D eigenvalue weighted by Gasteiger charge is 2.23. The number of imidazole rings is 1. The number of H-pyrrole nitrogens is 1. The molecular weight excluding hydrogens is 342 g/mol. The van der Waals surface area contributed by atoms with E-state index in [0.717, 1.165) is 68.1 Å². The van der Waals surface area contributed by atoms with Crippen LogP contribution in [-0.2, 0) is 0 Å². The van der Waals surface area contributed by atoms with Gasteiger partial charge in [-0.25, -0.2) is 19.9 Å². The SMILES string of the molecule is Cc1cc(N2CCCC2)nc(N2CCN(c3ncnc4nc[nH]c34)CC2)n1. The van der Waals surface area contributed by atoms with E-state index >= 15 is 0 Å². The summed E-state index contributed by atoms with van der Waals surface area (Å²) in [6, 6.07) is 2.10. The third-order valence-corrected chi connectivity index (χ3v) is 5.32. The van der Waals surface area contributed by atoms with Crippen LogP contribution in [0.15, 0.2) is 18.7 Å². The summed E-state index contributed by atoms with van der Waals surface area (Å²) >= 11 is 0. The fraction of sp³-hybridized carbons (Fsp3) is 0.500. The third kappa shape index (κ3) is 3.02. The topological polar surface area (TPSA) is 90.0 Å². The molecule has 0 aliphatic carbocycles. The fourth-order valence-electron chi connectivity index (χ4n) is 3.90. The average molecular weight is 365 g/mol. The lowest BCUT2D eigenvalue weighted by molar-refractivity contribution is 0.634. The van der Waals surface area contributed by atoms with E-state index in [9.17, 15) is 0 Å². The zero-order valence-electron chi connectivity index (χ0n) is 15.5. The lowest BCUT2D eigenvalue weighted by Crippen LogP contribution is -2.47. The number of anilines is 3. The smallest absolute Gasteiger partial charge is 0.227 e. The Bertz CT molecular complexity index is 939. The van der Waals surface area contributed by atoms with Gasteiger partial charge in [0.25, 0.3) is 0 Å². The second kappa shape index (κ2) is 6.64. The molecule has 2 aliphatic heterocycles. The Balaban J connectivity index is 1.34. The standard InChI is InChI=1S/C18H23N9/c1-13-10-14(25-4-2-3-5-25)24-18(23-13)27-8-6-26(7-9-27)17-15-16(20-11-19-15)21-12-22-17/h10-12H,2-9H2,1H3,(H,19,20,21,22).